The molecule has 0 unspecified atom stereocenters. The van der Waals surface area contributed by atoms with Crippen molar-refractivity contribution < 1.29 is 4.43 Å². The minimum atomic E-state index is -2.12. The van der Waals surface area contributed by atoms with Crippen LogP contribution in [0, 0.1) is 0 Å². The summed E-state index contributed by atoms with van der Waals surface area (Å²) in [6, 6.07) is 21.4. The first-order valence-electron chi connectivity index (χ1n) is 8.18. The average Bonchev–Trinajstić information content (AvgIpc) is 2.60. The van der Waals surface area contributed by atoms with Gasteiger partial charge in [0.15, 0.2) is 0 Å². The summed E-state index contributed by atoms with van der Waals surface area (Å²) in [5.41, 5.74) is 0. The highest BCUT2D eigenvalue weighted by atomic mass is 28.4. The highest BCUT2D eigenvalue weighted by Gasteiger charge is 2.33. The fourth-order valence-electron chi connectivity index (χ4n) is 2.76. The van der Waals surface area contributed by atoms with Gasteiger partial charge in [0.1, 0.15) is 0 Å². The van der Waals surface area contributed by atoms with E-state index in [1.54, 1.807) is 0 Å². The third-order valence-corrected chi connectivity index (χ3v) is 7.99. The van der Waals surface area contributed by atoms with Crippen LogP contribution >= 0.6 is 0 Å². The Bertz CT molecular complexity index is 500. The van der Waals surface area contributed by atoms with Crippen LogP contribution in [0.15, 0.2) is 60.7 Å². The van der Waals surface area contributed by atoms with Crippen molar-refractivity contribution in [3.63, 3.8) is 0 Å². The van der Waals surface area contributed by atoms with E-state index >= 15 is 0 Å². The Kier molecular flexibility index (Phi) is 6.37. The van der Waals surface area contributed by atoms with Crippen LogP contribution in [-0.2, 0) is 4.43 Å². The van der Waals surface area contributed by atoms with Gasteiger partial charge in [-0.1, -0.05) is 74.5 Å². The molecule has 0 fully saturated rings. The third-order valence-electron chi connectivity index (χ3n) is 4.34. The van der Waals surface area contributed by atoms with E-state index in [1.165, 1.54) is 10.4 Å². The summed E-state index contributed by atoms with van der Waals surface area (Å²) in [4.78, 5) is 2.41. The number of hydrogen-bond acceptors (Lipinski definition) is 2. The molecule has 0 atom stereocenters. The van der Waals surface area contributed by atoms with Crippen LogP contribution in [0.25, 0.3) is 0 Å². The molecule has 0 saturated heterocycles. The zero-order valence-electron chi connectivity index (χ0n) is 14.0. The first-order chi connectivity index (χ1) is 10.7. The maximum absolute atomic E-state index is 6.53. The van der Waals surface area contributed by atoms with Crippen LogP contribution in [-0.4, -0.2) is 39.5 Å². The summed E-state index contributed by atoms with van der Waals surface area (Å²) >= 11 is 0. The van der Waals surface area contributed by atoms with Crippen LogP contribution in [0.2, 0.25) is 6.55 Å². The van der Waals surface area contributed by atoms with Gasteiger partial charge in [-0.2, -0.15) is 0 Å². The lowest BCUT2D eigenvalue weighted by Crippen LogP contribution is -2.58. The molecule has 0 aliphatic rings. The van der Waals surface area contributed by atoms with E-state index in [0.29, 0.717) is 0 Å². The molecule has 0 amide bonds. The van der Waals surface area contributed by atoms with E-state index in [9.17, 15) is 0 Å². The number of benzene rings is 2. The van der Waals surface area contributed by atoms with E-state index < -0.39 is 8.32 Å². The van der Waals surface area contributed by atoms with Crippen LogP contribution in [0.1, 0.15) is 13.8 Å². The predicted molar refractivity (Wildman–Crippen MR) is 97.5 cm³/mol. The maximum Gasteiger partial charge on any atom is 0.252 e. The number of hydrogen-bond donors (Lipinski definition) is 0. The number of nitrogens with zero attached hydrogens (tertiary/aromatic N) is 1. The quantitative estimate of drug-likeness (QED) is 0.695. The molecular formula is C19H27NOSi. The van der Waals surface area contributed by atoms with Gasteiger partial charge < -0.3 is 9.33 Å². The van der Waals surface area contributed by atoms with Crippen molar-refractivity contribution in [1.82, 2.24) is 4.90 Å². The van der Waals surface area contributed by atoms with Gasteiger partial charge in [-0.15, -0.1) is 0 Å². The molecule has 0 saturated carbocycles. The molecule has 118 valence electrons. The molecule has 0 radical (unpaired) electrons. The minimum Gasteiger partial charge on any atom is -0.407 e. The van der Waals surface area contributed by atoms with Gasteiger partial charge in [0.25, 0.3) is 8.32 Å². The van der Waals surface area contributed by atoms with Crippen molar-refractivity contribution in [2.75, 3.05) is 26.2 Å². The van der Waals surface area contributed by atoms with Crippen molar-refractivity contribution in [3.8, 4) is 0 Å². The Hall–Kier alpha value is -1.42. The molecule has 2 rings (SSSR count). The maximum atomic E-state index is 6.53. The first kappa shape index (κ1) is 16.9. The molecule has 0 aromatic heterocycles. The van der Waals surface area contributed by atoms with E-state index in [1.807, 2.05) is 0 Å². The Morgan fingerprint density at radius 2 is 1.27 bits per heavy atom. The summed E-state index contributed by atoms with van der Waals surface area (Å²) in [5, 5.41) is 2.67. The summed E-state index contributed by atoms with van der Waals surface area (Å²) < 4.78 is 6.53. The van der Waals surface area contributed by atoms with Crippen LogP contribution in [0.4, 0.5) is 0 Å². The summed E-state index contributed by atoms with van der Waals surface area (Å²) in [5.74, 6) is 0. The second-order valence-corrected chi connectivity index (χ2v) is 9.15. The molecule has 3 heteroatoms. The highest BCUT2D eigenvalue weighted by molar-refractivity contribution is 6.96. The normalized spacial score (nSPS) is 11.8. The zero-order chi connectivity index (χ0) is 15.8. The molecule has 0 bridgehead atoms. The van der Waals surface area contributed by atoms with Crippen LogP contribution in [0.5, 0.6) is 0 Å². The standard InChI is InChI=1S/C19H27NOSi/c1-4-20(5-2)16-17-21-22(3,18-12-8-6-9-13-18)19-14-10-7-11-15-19/h6-15H,4-5,16-17H2,1-3H3. The number of rotatable bonds is 8. The lowest BCUT2D eigenvalue weighted by molar-refractivity contribution is 0.222. The van der Waals surface area contributed by atoms with Gasteiger partial charge in [-0.3, -0.25) is 0 Å². The molecule has 0 aliphatic heterocycles. The van der Waals surface area contributed by atoms with E-state index in [0.717, 1.165) is 26.2 Å². The highest BCUT2D eigenvalue weighted by Crippen LogP contribution is 2.08. The Labute approximate surface area is 135 Å². The summed E-state index contributed by atoms with van der Waals surface area (Å²) in [7, 11) is -2.12. The second kappa shape index (κ2) is 8.27. The minimum absolute atomic E-state index is 0.786. The monoisotopic (exact) mass is 313 g/mol. The van der Waals surface area contributed by atoms with Gasteiger partial charge in [0.2, 0.25) is 0 Å². The topological polar surface area (TPSA) is 12.5 Å². The molecular weight excluding hydrogens is 286 g/mol. The lowest BCUT2D eigenvalue weighted by atomic mass is 10.4. The lowest BCUT2D eigenvalue weighted by Gasteiger charge is -2.30. The third kappa shape index (κ3) is 4.06. The molecule has 0 heterocycles. The fraction of sp³-hybridized carbons (Fsp3) is 0.368. The van der Waals surface area contributed by atoms with Gasteiger partial charge in [0.05, 0.1) is 0 Å². The summed E-state index contributed by atoms with van der Waals surface area (Å²) in [6.07, 6.45) is 0. The van der Waals surface area contributed by atoms with Crippen LogP contribution in [0.3, 0.4) is 0 Å². The van der Waals surface area contributed by atoms with Crippen LogP contribution < -0.4 is 10.4 Å². The predicted octanol–water partition coefficient (Wildman–Crippen LogP) is 2.73. The Morgan fingerprint density at radius 3 is 1.68 bits per heavy atom. The van der Waals surface area contributed by atoms with Gasteiger partial charge in [-0.05, 0) is 30.0 Å². The number of likely N-dealkylation sites (N-methyl/N-ethyl adjacent to an activating group) is 1. The largest absolute Gasteiger partial charge is 0.407 e. The molecule has 0 aliphatic carbocycles. The van der Waals surface area contributed by atoms with Crippen molar-refractivity contribution in [3.05, 3.63) is 60.7 Å². The second-order valence-electron chi connectivity index (χ2n) is 5.64. The smallest absolute Gasteiger partial charge is 0.252 e. The molecule has 2 aromatic rings. The van der Waals surface area contributed by atoms with Gasteiger partial charge in [0, 0.05) is 13.2 Å². The first-order valence-corrected chi connectivity index (χ1v) is 10.6. The molecule has 0 N–H and O–H groups in total. The zero-order valence-corrected chi connectivity index (χ0v) is 15.0. The molecule has 2 nitrogen and oxygen atoms in total. The van der Waals surface area contributed by atoms with E-state index in [2.05, 4.69) is 86.0 Å². The molecule has 0 spiro atoms. The molecule has 22 heavy (non-hydrogen) atoms. The van der Waals surface area contributed by atoms with E-state index in [4.69, 9.17) is 4.43 Å². The Morgan fingerprint density at radius 1 is 0.818 bits per heavy atom. The van der Waals surface area contributed by atoms with Crippen molar-refractivity contribution >= 4 is 18.7 Å². The van der Waals surface area contributed by atoms with E-state index in [-0.39, 0.29) is 0 Å². The van der Waals surface area contributed by atoms with Crippen molar-refractivity contribution in [2.24, 2.45) is 0 Å². The van der Waals surface area contributed by atoms with Gasteiger partial charge >= 0.3 is 0 Å². The van der Waals surface area contributed by atoms with Gasteiger partial charge in [-0.25, -0.2) is 0 Å². The fourth-order valence-corrected chi connectivity index (χ4v) is 5.59. The average molecular weight is 314 g/mol. The summed E-state index contributed by atoms with van der Waals surface area (Å²) in [6.45, 7) is 10.6. The van der Waals surface area contributed by atoms with Crippen molar-refractivity contribution in [1.29, 1.82) is 0 Å². The van der Waals surface area contributed by atoms with Crippen molar-refractivity contribution in [2.45, 2.75) is 20.4 Å². The SMILES string of the molecule is CCN(CC)CCO[Si](C)(c1ccccc1)c1ccccc1. The molecule has 2 aromatic carbocycles. The Balaban J connectivity index is 2.20.